The first-order valence-corrected chi connectivity index (χ1v) is 7.99. The van der Waals surface area contributed by atoms with Crippen LogP contribution in [0, 0.1) is 11.6 Å². The number of carbonyl (C=O) groups excluding carboxylic acids is 2. The van der Waals surface area contributed by atoms with Crippen molar-refractivity contribution in [2.45, 2.75) is 4.90 Å². The molecule has 0 aliphatic heterocycles. The minimum absolute atomic E-state index is 0.0623. The molecule has 24 heavy (non-hydrogen) atoms. The molecule has 2 aromatic carbocycles. The second-order valence-electron chi connectivity index (χ2n) is 4.49. The zero-order valence-electron chi connectivity index (χ0n) is 12.1. The average Bonchev–Trinajstić information content (AvgIpc) is 2.55. The third-order valence-corrected chi connectivity index (χ3v) is 3.94. The Morgan fingerprint density at radius 1 is 1.04 bits per heavy atom. The molecular weight excluding hydrogens is 360 g/mol. The lowest BCUT2D eigenvalue weighted by Crippen LogP contribution is -2.44. The molecule has 2 aromatic rings. The Kier molecular flexibility index (Phi) is 6.39. The van der Waals surface area contributed by atoms with Gasteiger partial charge in [-0.1, -0.05) is 11.6 Å². The molecule has 0 saturated carbocycles. The summed E-state index contributed by atoms with van der Waals surface area (Å²) in [5, 5.41) is 2.74. The summed E-state index contributed by atoms with van der Waals surface area (Å²) in [5.74, 6) is -2.07. The van der Waals surface area contributed by atoms with Crippen LogP contribution in [0.5, 0.6) is 0 Å². The minimum atomic E-state index is -0.922. The lowest BCUT2D eigenvalue weighted by atomic mass is 10.3. The van der Waals surface area contributed by atoms with Crippen LogP contribution in [0.1, 0.15) is 0 Å². The topological polar surface area (TPSA) is 70.2 Å². The highest BCUT2D eigenvalue weighted by Gasteiger charge is 2.09. The molecule has 3 amide bonds. The summed E-state index contributed by atoms with van der Waals surface area (Å²) in [6.45, 7) is 0. The molecule has 0 unspecified atom stereocenters. The maximum Gasteiger partial charge on any atom is 0.338 e. The first kappa shape index (κ1) is 18.0. The highest BCUT2D eigenvalue weighted by molar-refractivity contribution is 8.00. The SMILES string of the molecule is O=C(CSc1ccc(Cl)cc1)NNC(=O)Nc1ccc(F)cc1F. The molecule has 126 valence electrons. The molecule has 0 heterocycles. The number of anilines is 1. The molecule has 0 bridgehead atoms. The van der Waals surface area contributed by atoms with Crippen molar-refractivity contribution in [2.75, 3.05) is 11.1 Å². The summed E-state index contributed by atoms with van der Waals surface area (Å²) in [5.41, 5.74) is 4.03. The molecule has 2 rings (SSSR count). The fourth-order valence-corrected chi connectivity index (χ4v) is 2.41. The third-order valence-electron chi connectivity index (χ3n) is 2.68. The quantitative estimate of drug-likeness (QED) is 0.568. The minimum Gasteiger partial charge on any atom is -0.304 e. The zero-order valence-corrected chi connectivity index (χ0v) is 13.7. The molecule has 0 atom stereocenters. The number of thioether (sulfide) groups is 1. The Bertz CT molecular complexity index is 744. The van der Waals surface area contributed by atoms with Gasteiger partial charge in [-0.15, -0.1) is 11.8 Å². The molecule has 0 aliphatic rings. The van der Waals surface area contributed by atoms with Gasteiger partial charge in [0.25, 0.3) is 0 Å². The molecule has 0 radical (unpaired) electrons. The molecular formula is C15H12ClF2N3O2S. The largest absolute Gasteiger partial charge is 0.338 e. The van der Waals surface area contributed by atoms with Crippen LogP contribution in [-0.2, 0) is 4.79 Å². The number of rotatable bonds is 4. The number of hydrogen-bond acceptors (Lipinski definition) is 3. The molecule has 5 nitrogen and oxygen atoms in total. The number of benzene rings is 2. The molecule has 0 saturated heterocycles. The Morgan fingerprint density at radius 3 is 2.42 bits per heavy atom. The van der Waals surface area contributed by atoms with E-state index < -0.39 is 23.6 Å². The van der Waals surface area contributed by atoms with Crippen molar-refractivity contribution in [3.8, 4) is 0 Å². The van der Waals surface area contributed by atoms with E-state index in [-0.39, 0.29) is 11.4 Å². The fourth-order valence-electron chi connectivity index (χ4n) is 1.59. The van der Waals surface area contributed by atoms with Gasteiger partial charge in [0.05, 0.1) is 11.4 Å². The van der Waals surface area contributed by atoms with Gasteiger partial charge in [0.1, 0.15) is 11.6 Å². The van der Waals surface area contributed by atoms with Crippen LogP contribution in [0.3, 0.4) is 0 Å². The average molecular weight is 372 g/mol. The first-order chi connectivity index (χ1) is 11.4. The smallest absolute Gasteiger partial charge is 0.304 e. The summed E-state index contributed by atoms with van der Waals surface area (Å²) >= 11 is 7.01. The fraction of sp³-hybridized carbons (Fsp3) is 0.0667. The van der Waals surface area contributed by atoms with E-state index >= 15 is 0 Å². The molecule has 0 spiro atoms. The van der Waals surface area contributed by atoms with Crippen LogP contribution in [0.4, 0.5) is 19.3 Å². The van der Waals surface area contributed by atoms with Crippen molar-refractivity contribution in [3.63, 3.8) is 0 Å². The van der Waals surface area contributed by atoms with Gasteiger partial charge < -0.3 is 5.32 Å². The maximum atomic E-state index is 13.4. The standard InChI is InChI=1S/C15H12ClF2N3O2S/c16-9-1-4-11(5-2-9)24-8-14(22)20-21-15(23)19-13-6-3-10(17)7-12(13)18/h1-7H,8H2,(H,20,22)(H2,19,21,23). The van der Waals surface area contributed by atoms with E-state index in [0.29, 0.717) is 11.1 Å². The van der Waals surface area contributed by atoms with Crippen LogP contribution in [0.25, 0.3) is 0 Å². The van der Waals surface area contributed by atoms with Crippen molar-refractivity contribution in [1.29, 1.82) is 0 Å². The van der Waals surface area contributed by atoms with Crippen molar-refractivity contribution in [1.82, 2.24) is 10.9 Å². The van der Waals surface area contributed by atoms with E-state index in [1.54, 1.807) is 24.3 Å². The van der Waals surface area contributed by atoms with Crippen LogP contribution >= 0.6 is 23.4 Å². The maximum absolute atomic E-state index is 13.4. The van der Waals surface area contributed by atoms with E-state index in [9.17, 15) is 18.4 Å². The van der Waals surface area contributed by atoms with E-state index in [1.807, 2.05) is 0 Å². The van der Waals surface area contributed by atoms with E-state index in [4.69, 9.17) is 11.6 Å². The molecule has 9 heteroatoms. The van der Waals surface area contributed by atoms with E-state index in [2.05, 4.69) is 16.2 Å². The lowest BCUT2D eigenvalue weighted by Gasteiger charge is -2.09. The van der Waals surface area contributed by atoms with Crippen molar-refractivity contribution >= 4 is 41.0 Å². The normalized spacial score (nSPS) is 10.1. The van der Waals surface area contributed by atoms with Crippen molar-refractivity contribution in [2.24, 2.45) is 0 Å². The third kappa shape index (κ3) is 5.71. The zero-order chi connectivity index (χ0) is 17.5. The predicted molar refractivity (Wildman–Crippen MR) is 88.8 cm³/mol. The van der Waals surface area contributed by atoms with Crippen LogP contribution in [0.15, 0.2) is 47.4 Å². The van der Waals surface area contributed by atoms with E-state index in [1.165, 1.54) is 11.8 Å². The number of nitrogens with one attached hydrogen (secondary N) is 3. The number of hydrazine groups is 1. The molecule has 0 aromatic heterocycles. The summed E-state index contributed by atoms with van der Waals surface area (Å²) in [7, 11) is 0. The van der Waals surface area contributed by atoms with Gasteiger partial charge in [-0.05, 0) is 36.4 Å². The Hall–Kier alpha value is -2.32. The van der Waals surface area contributed by atoms with Crippen molar-refractivity contribution < 1.29 is 18.4 Å². The summed E-state index contributed by atoms with van der Waals surface area (Å²) in [4.78, 5) is 24.0. The highest BCUT2D eigenvalue weighted by atomic mass is 35.5. The number of carbonyl (C=O) groups is 2. The van der Waals surface area contributed by atoms with Gasteiger partial charge in [-0.3, -0.25) is 10.2 Å². The molecule has 3 N–H and O–H groups in total. The Balaban J connectivity index is 1.74. The van der Waals surface area contributed by atoms with Gasteiger partial charge in [0, 0.05) is 16.0 Å². The van der Waals surface area contributed by atoms with Gasteiger partial charge in [0.15, 0.2) is 0 Å². The second kappa shape index (κ2) is 8.51. The first-order valence-electron chi connectivity index (χ1n) is 6.63. The highest BCUT2D eigenvalue weighted by Crippen LogP contribution is 2.19. The van der Waals surface area contributed by atoms with Crippen molar-refractivity contribution in [3.05, 3.63) is 59.1 Å². The summed E-state index contributed by atoms with van der Waals surface area (Å²) < 4.78 is 26.1. The van der Waals surface area contributed by atoms with Crippen LogP contribution in [-0.4, -0.2) is 17.7 Å². The Labute approximate surface area is 145 Å². The van der Waals surface area contributed by atoms with Gasteiger partial charge >= 0.3 is 6.03 Å². The molecule has 0 fully saturated rings. The number of halogens is 3. The number of amides is 3. The lowest BCUT2D eigenvalue weighted by molar-refractivity contribution is -0.119. The van der Waals surface area contributed by atoms with Gasteiger partial charge in [0.2, 0.25) is 5.91 Å². The number of hydrogen-bond donors (Lipinski definition) is 3. The summed E-state index contributed by atoms with van der Waals surface area (Å²) in [6.07, 6.45) is 0. The Morgan fingerprint density at radius 2 is 1.75 bits per heavy atom. The number of urea groups is 1. The van der Waals surface area contributed by atoms with E-state index in [0.717, 1.165) is 17.0 Å². The monoisotopic (exact) mass is 371 g/mol. The van der Waals surface area contributed by atoms with Gasteiger partial charge in [-0.25, -0.2) is 19.0 Å². The second-order valence-corrected chi connectivity index (χ2v) is 5.98. The predicted octanol–water partition coefficient (Wildman–Crippen LogP) is 3.56. The molecule has 0 aliphatic carbocycles. The summed E-state index contributed by atoms with van der Waals surface area (Å²) in [6, 6.07) is 8.77. The van der Waals surface area contributed by atoms with Crippen LogP contribution in [0.2, 0.25) is 5.02 Å². The van der Waals surface area contributed by atoms with Gasteiger partial charge in [-0.2, -0.15) is 0 Å². The van der Waals surface area contributed by atoms with Crippen LogP contribution < -0.4 is 16.2 Å².